The molecule has 0 spiro atoms. The van der Waals surface area contributed by atoms with Gasteiger partial charge in [0, 0.05) is 5.02 Å². The zero-order valence-corrected chi connectivity index (χ0v) is 21.9. The molecule has 4 aromatic carbocycles. The van der Waals surface area contributed by atoms with Crippen LogP contribution >= 0.6 is 23.2 Å². The molecule has 7 nitrogen and oxygen atoms in total. The van der Waals surface area contributed by atoms with Crippen molar-refractivity contribution in [2.75, 3.05) is 23.3 Å². The highest BCUT2D eigenvalue weighted by molar-refractivity contribution is 7.92. The second-order valence-electron chi connectivity index (χ2n) is 7.75. The van der Waals surface area contributed by atoms with Crippen molar-refractivity contribution in [2.45, 2.75) is 4.90 Å². The van der Waals surface area contributed by atoms with Gasteiger partial charge in [-0.3, -0.25) is 9.10 Å². The van der Waals surface area contributed by atoms with Crippen molar-refractivity contribution in [1.29, 1.82) is 0 Å². The van der Waals surface area contributed by atoms with E-state index in [0.717, 1.165) is 4.31 Å². The second kappa shape index (κ2) is 11.6. The zero-order valence-electron chi connectivity index (χ0n) is 19.6. The summed E-state index contributed by atoms with van der Waals surface area (Å²) in [6.07, 6.45) is 0. The lowest BCUT2D eigenvalue weighted by atomic mass is 10.2. The molecule has 37 heavy (non-hydrogen) atoms. The third-order valence-electron chi connectivity index (χ3n) is 5.23. The summed E-state index contributed by atoms with van der Waals surface area (Å²) < 4.78 is 39.2. The Balaban J connectivity index is 1.66. The minimum absolute atomic E-state index is 0.0191. The van der Waals surface area contributed by atoms with Crippen LogP contribution < -0.4 is 19.1 Å². The zero-order chi connectivity index (χ0) is 26.4. The Kier molecular flexibility index (Phi) is 8.23. The molecule has 0 atom stereocenters. The van der Waals surface area contributed by atoms with E-state index in [-0.39, 0.29) is 21.3 Å². The van der Waals surface area contributed by atoms with Crippen molar-refractivity contribution in [1.82, 2.24) is 0 Å². The monoisotopic (exact) mass is 556 g/mol. The average molecular weight is 557 g/mol. The lowest BCUT2D eigenvalue weighted by molar-refractivity contribution is -0.114. The number of nitrogens with zero attached hydrogens (tertiary/aromatic N) is 1. The van der Waals surface area contributed by atoms with Crippen LogP contribution in [-0.2, 0) is 14.8 Å². The van der Waals surface area contributed by atoms with Gasteiger partial charge in [0.1, 0.15) is 18.0 Å². The van der Waals surface area contributed by atoms with E-state index in [0.29, 0.717) is 22.3 Å². The van der Waals surface area contributed by atoms with Crippen molar-refractivity contribution < 1.29 is 22.7 Å². The maximum Gasteiger partial charge on any atom is 0.264 e. The largest absolute Gasteiger partial charge is 0.495 e. The highest BCUT2D eigenvalue weighted by atomic mass is 35.5. The standard InChI is InChI=1S/C27H22Cl2N2O5S/c1-35-25-15-13-20(17-23(25)29)31(37(33,34)22-10-6-3-7-11-22)18-27(32)30-24-16-19(28)12-14-26(24)36-21-8-4-2-5-9-21/h2-17H,18H2,1H3,(H,30,32). The second-order valence-corrected chi connectivity index (χ2v) is 10.5. The molecule has 0 aromatic heterocycles. The highest BCUT2D eigenvalue weighted by Gasteiger charge is 2.28. The number of methoxy groups -OCH3 is 1. The maximum absolute atomic E-state index is 13.6. The van der Waals surface area contributed by atoms with Crippen LogP contribution in [0.1, 0.15) is 0 Å². The minimum atomic E-state index is -4.13. The summed E-state index contributed by atoms with van der Waals surface area (Å²) in [5, 5.41) is 3.28. The molecular formula is C27H22Cl2N2O5S. The summed E-state index contributed by atoms with van der Waals surface area (Å²) in [6.45, 7) is -0.544. The van der Waals surface area contributed by atoms with Crippen LogP contribution in [0.15, 0.2) is 102 Å². The Morgan fingerprint density at radius 1 is 0.865 bits per heavy atom. The Bertz CT molecular complexity index is 1500. The van der Waals surface area contributed by atoms with Gasteiger partial charge in [0.2, 0.25) is 5.91 Å². The summed E-state index contributed by atoms with van der Waals surface area (Å²) in [5.41, 5.74) is 0.475. The molecule has 0 aliphatic carbocycles. The summed E-state index contributed by atoms with van der Waals surface area (Å²) in [7, 11) is -2.68. The minimum Gasteiger partial charge on any atom is -0.495 e. The number of hydrogen-bond donors (Lipinski definition) is 1. The van der Waals surface area contributed by atoms with Gasteiger partial charge in [-0.25, -0.2) is 8.42 Å². The molecule has 0 saturated heterocycles. The van der Waals surface area contributed by atoms with E-state index in [9.17, 15) is 13.2 Å². The number of nitrogens with one attached hydrogen (secondary N) is 1. The molecule has 4 rings (SSSR count). The van der Waals surface area contributed by atoms with Crippen LogP contribution in [0.5, 0.6) is 17.2 Å². The van der Waals surface area contributed by atoms with Crippen LogP contribution in [0.4, 0.5) is 11.4 Å². The van der Waals surface area contributed by atoms with Crippen molar-refractivity contribution >= 4 is 50.5 Å². The predicted molar refractivity (Wildman–Crippen MR) is 146 cm³/mol. The first kappa shape index (κ1) is 26.3. The number of rotatable bonds is 9. The van der Waals surface area contributed by atoms with E-state index in [1.807, 2.05) is 18.2 Å². The fourth-order valence-corrected chi connectivity index (χ4v) is 5.33. The van der Waals surface area contributed by atoms with E-state index in [4.69, 9.17) is 32.7 Å². The molecule has 0 aliphatic rings. The normalized spacial score (nSPS) is 11.0. The van der Waals surface area contributed by atoms with Crippen LogP contribution in [0, 0.1) is 0 Å². The van der Waals surface area contributed by atoms with Crippen LogP contribution in [-0.4, -0.2) is 28.0 Å². The SMILES string of the molecule is COc1ccc(N(CC(=O)Nc2cc(Cl)ccc2Oc2ccccc2)S(=O)(=O)c2ccccc2)cc1Cl. The molecule has 0 bridgehead atoms. The maximum atomic E-state index is 13.6. The molecule has 0 aliphatic heterocycles. The van der Waals surface area contributed by atoms with E-state index in [1.165, 1.54) is 43.5 Å². The molecule has 4 aromatic rings. The number of amides is 1. The molecule has 10 heteroatoms. The smallest absolute Gasteiger partial charge is 0.264 e. The number of para-hydroxylation sites is 1. The summed E-state index contributed by atoms with van der Waals surface area (Å²) in [4.78, 5) is 13.2. The van der Waals surface area contributed by atoms with Gasteiger partial charge in [0.25, 0.3) is 10.0 Å². The van der Waals surface area contributed by atoms with Gasteiger partial charge in [-0.15, -0.1) is 0 Å². The first-order valence-electron chi connectivity index (χ1n) is 11.0. The fourth-order valence-electron chi connectivity index (χ4n) is 3.47. The van der Waals surface area contributed by atoms with Crippen LogP contribution in [0.2, 0.25) is 10.0 Å². The van der Waals surface area contributed by atoms with E-state index in [1.54, 1.807) is 42.5 Å². The molecule has 0 saturated carbocycles. The highest BCUT2D eigenvalue weighted by Crippen LogP contribution is 2.34. The van der Waals surface area contributed by atoms with E-state index >= 15 is 0 Å². The van der Waals surface area contributed by atoms with Gasteiger partial charge in [-0.2, -0.15) is 0 Å². The summed E-state index contributed by atoms with van der Waals surface area (Å²) >= 11 is 12.4. The average Bonchev–Trinajstić information content (AvgIpc) is 2.90. The Morgan fingerprint density at radius 3 is 2.16 bits per heavy atom. The van der Waals surface area contributed by atoms with E-state index < -0.39 is 22.5 Å². The lowest BCUT2D eigenvalue weighted by Gasteiger charge is -2.25. The number of sulfonamides is 1. The molecule has 190 valence electrons. The Labute approximate surface area is 225 Å². The van der Waals surface area contributed by atoms with Gasteiger partial charge in [0.15, 0.2) is 5.75 Å². The number of ether oxygens (including phenoxy) is 2. The van der Waals surface area contributed by atoms with Gasteiger partial charge in [-0.05, 0) is 60.7 Å². The number of anilines is 2. The summed E-state index contributed by atoms with van der Waals surface area (Å²) in [6, 6.07) is 26.1. The molecule has 0 unspecified atom stereocenters. The van der Waals surface area contributed by atoms with E-state index in [2.05, 4.69) is 5.32 Å². The third kappa shape index (κ3) is 6.35. The predicted octanol–water partition coefficient (Wildman–Crippen LogP) is 6.63. The number of carbonyl (C=O) groups is 1. The number of halogens is 2. The Hall–Kier alpha value is -3.72. The molecule has 0 heterocycles. The number of benzene rings is 4. The quantitative estimate of drug-likeness (QED) is 0.250. The fraction of sp³-hybridized carbons (Fsp3) is 0.0741. The van der Waals surface area contributed by atoms with Gasteiger partial charge in [-0.1, -0.05) is 59.6 Å². The third-order valence-corrected chi connectivity index (χ3v) is 7.55. The van der Waals surface area contributed by atoms with Gasteiger partial charge in [0.05, 0.1) is 28.4 Å². The molecule has 0 fully saturated rings. The molecule has 1 amide bonds. The topological polar surface area (TPSA) is 84.9 Å². The molecule has 0 radical (unpaired) electrons. The van der Waals surface area contributed by atoms with Gasteiger partial charge >= 0.3 is 0 Å². The number of carbonyl (C=O) groups excluding carboxylic acids is 1. The Morgan fingerprint density at radius 2 is 1.51 bits per heavy atom. The first-order chi connectivity index (χ1) is 17.8. The lowest BCUT2D eigenvalue weighted by Crippen LogP contribution is -2.38. The summed E-state index contributed by atoms with van der Waals surface area (Å²) in [5.74, 6) is 0.649. The first-order valence-corrected chi connectivity index (χ1v) is 13.2. The van der Waals surface area contributed by atoms with Crippen LogP contribution in [0.3, 0.4) is 0 Å². The van der Waals surface area contributed by atoms with Crippen molar-refractivity contribution in [3.05, 3.63) is 107 Å². The van der Waals surface area contributed by atoms with Gasteiger partial charge < -0.3 is 14.8 Å². The van der Waals surface area contributed by atoms with Crippen molar-refractivity contribution in [3.63, 3.8) is 0 Å². The molecule has 1 N–H and O–H groups in total. The number of hydrogen-bond acceptors (Lipinski definition) is 5. The van der Waals surface area contributed by atoms with Crippen molar-refractivity contribution in [3.8, 4) is 17.2 Å². The molecular weight excluding hydrogens is 535 g/mol. The van der Waals surface area contributed by atoms with Crippen molar-refractivity contribution in [2.24, 2.45) is 0 Å². The van der Waals surface area contributed by atoms with Crippen LogP contribution in [0.25, 0.3) is 0 Å².